The fraction of sp³-hybridized carbons (Fsp3) is 0.562. The molecule has 0 radical (unpaired) electrons. The number of carbonyl (C=O) groups is 1. The number of rotatable bonds is 0. The number of hydrogen-bond donors (Lipinski definition) is 0. The van der Waals surface area contributed by atoms with E-state index in [2.05, 4.69) is 13.8 Å². The van der Waals surface area contributed by atoms with Gasteiger partial charge in [0.2, 0.25) is 0 Å². The van der Waals surface area contributed by atoms with Gasteiger partial charge in [-0.15, -0.1) is 0 Å². The Morgan fingerprint density at radius 3 is 2.84 bits per heavy atom. The number of fused-ring (bicyclic) bond motifs is 1. The lowest BCUT2D eigenvalue weighted by Gasteiger charge is -2.44. The molecule has 3 rings (SSSR count). The molecule has 1 heterocycles. The molecule has 0 saturated heterocycles. The van der Waals surface area contributed by atoms with Gasteiger partial charge in [-0.3, -0.25) is 4.79 Å². The number of ether oxygens (including phenoxy) is 1. The second-order valence-electron chi connectivity index (χ2n) is 6.22. The van der Waals surface area contributed by atoms with Crippen LogP contribution in [0, 0.1) is 17.7 Å². The molecule has 1 saturated carbocycles. The molecule has 3 atom stereocenters. The molecule has 2 nitrogen and oxygen atoms in total. The van der Waals surface area contributed by atoms with Crippen LogP contribution in [-0.2, 0) is 0 Å². The van der Waals surface area contributed by atoms with Crippen LogP contribution in [0.4, 0.5) is 4.39 Å². The molecule has 0 aromatic heterocycles. The van der Waals surface area contributed by atoms with Crippen molar-refractivity contribution < 1.29 is 13.9 Å². The molecule has 0 bridgehead atoms. The van der Waals surface area contributed by atoms with Crippen LogP contribution in [-0.4, -0.2) is 11.4 Å². The lowest BCUT2D eigenvalue weighted by atomic mass is 9.70. The Labute approximate surface area is 113 Å². The van der Waals surface area contributed by atoms with Crippen molar-refractivity contribution >= 4 is 5.78 Å². The fourth-order valence-electron chi connectivity index (χ4n) is 3.38. The lowest BCUT2D eigenvalue weighted by Crippen LogP contribution is -2.47. The van der Waals surface area contributed by atoms with Gasteiger partial charge in [0.05, 0.1) is 12.0 Å². The third kappa shape index (κ3) is 2.15. The topological polar surface area (TPSA) is 26.3 Å². The Balaban J connectivity index is 1.93. The van der Waals surface area contributed by atoms with Gasteiger partial charge in [0.25, 0.3) is 0 Å². The zero-order chi connectivity index (χ0) is 13.6. The molecule has 3 unspecified atom stereocenters. The molecule has 0 amide bonds. The highest BCUT2D eigenvalue weighted by Crippen LogP contribution is 2.45. The first-order valence-corrected chi connectivity index (χ1v) is 7.01. The van der Waals surface area contributed by atoms with E-state index in [1.807, 2.05) is 0 Å². The van der Waals surface area contributed by atoms with E-state index in [1.165, 1.54) is 12.1 Å². The smallest absolute Gasteiger partial charge is 0.170 e. The number of benzene rings is 1. The predicted octanol–water partition coefficient (Wildman–Crippen LogP) is 3.99. The highest BCUT2D eigenvalue weighted by atomic mass is 19.1. The molecule has 1 aliphatic carbocycles. The van der Waals surface area contributed by atoms with Crippen molar-refractivity contribution in [2.45, 2.75) is 45.1 Å². The molecule has 1 fully saturated rings. The summed E-state index contributed by atoms with van der Waals surface area (Å²) in [6, 6.07) is 4.24. The molecular formula is C16H19FO2. The SMILES string of the molecule is CC1CCC2(CC(=O)c3cc(F)ccc3O2)CC1C. The summed E-state index contributed by atoms with van der Waals surface area (Å²) >= 11 is 0. The van der Waals surface area contributed by atoms with Crippen molar-refractivity contribution in [3.8, 4) is 5.75 Å². The zero-order valence-corrected chi connectivity index (χ0v) is 11.4. The van der Waals surface area contributed by atoms with Gasteiger partial charge in [-0.1, -0.05) is 13.8 Å². The van der Waals surface area contributed by atoms with E-state index in [9.17, 15) is 9.18 Å². The maximum absolute atomic E-state index is 13.2. The van der Waals surface area contributed by atoms with Crippen molar-refractivity contribution in [2.75, 3.05) is 0 Å². The average molecular weight is 262 g/mol. The van der Waals surface area contributed by atoms with Gasteiger partial charge in [-0.05, 0) is 49.3 Å². The zero-order valence-electron chi connectivity index (χ0n) is 11.4. The number of halogens is 1. The van der Waals surface area contributed by atoms with Gasteiger partial charge in [0.15, 0.2) is 5.78 Å². The largest absolute Gasteiger partial charge is 0.486 e. The highest BCUT2D eigenvalue weighted by molar-refractivity contribution is 6.00. The summed E-state index contributed by atoms with van der Waals surface area (Å²) in [5.74, 6) is 1.43. The summed E-state index contributed by atoms with van der Waals surface area (Å²) in [6.07, 6.45) is 3.31. The molecule has 1 aliphatic heterocycles. The Hall–Kier alpha value is -1.38. The summed E-state index contributed by atoms with van der Waals surface area (Å²) in [5.41, 5.74) is 0.0466. The molecule has 1 aromatic carbocycles. The van der Waals surface area contributed by atoms with Crippen LogP contribution < -0.4 is 4.74 Å². The van der Waals surface area contributed by atoms with E-state index in [-0.39, 0.29) is 17.2 Å². The van der Waals surface area contributed by atoms with Crippen molar-refractivity contribution in [1.29, 1.82) is 0 Å². The lowest BCUT2D eigenvalue weighted by molar-refractivity contribution is -0.0153. The van der Waals surface area contributed by atoms with Crippen LogP contribution >= 0.6 is 0 Å². The van der Waals surface area contributed by atoms with Crippen molar-refractivity contribution in [3.05, 3.63) is 29.6 Å². The highest BCUT2D eigenvalue weighted by Gasteiger charge is 2.44. The molecule has 2 aliphatic rings. The third-order valence-corrected chi connectivity index (χ3v) is 4.77. The Kier molecular flexibility index (Phi) is 2.88. The van der Waals surface area contributed by atoms with Crippen LogP contribution in [0.25, 0.3) is 0 Å². The minimum atomic E-state index is -0.378. The first-order valence-electron chi connectivity index (χ1n) is 7.01. The molecule has 19 heavy (non-hydrogen) atoms. The minimum absolute atomic E-state index is 0.0162. The summed E-state index contributed by atoms with van der Waals surface area (Å²) < 4.78 is 19.3. The van der Waals surface area contributed by atoms with Crippen molar-refractivity contribution in [1.82, 2.24) is 0 Å². The van der Waals surface area contributed by atoms with Gasteiger partial charge < -0.3 is 4.74 Å². The van der Waals surface area contributed by atoms with E-state index >= 15 is 0 Å². The van der Waals surface area contributed by atoms with Crippen LogP contribution in [0.15, 0.2) is 18.2 Å². The van der Waals surface area contributed by atoms with Crippen LogP contribution in [0.1, 0.15) is 49.9 Å². The first-order chi connectivity index (χ1) is 8.99. The van der Waals surface area contributed by atoms with E-state index in [1.54, 1.807) is 6.07 Å². The van der Waals surface area contributed by atoms with E-state index in [0.717, 1.165) is 19.3 Å². The van der Waals surface area contributed by atoms with E-state index < -0.39 is 0 Å². The average Bonchev–Trinajstić information content (AvgIpc) is 2.36. The van der Waals surface area contributed by atoms with Gasteiger partial charge >= 0.3 is 0 Å². The van der Waals surface area contributed by atoms with Gasteiger partial charge in [-0.2, -0.15) is 0 Å². The summed E-state index contributed by atoms with van der Waals surface area (Å²) in [4.78, 5) is 12.3. The van der Waals surface area contributed by atoms with Gasteiger partial charge in [-0.25, -0.2) is 4.39 Å². The Morgan fingerprint density at radius 2 is 2.11 bits per heavy atom. The molecular weight excluding hydrogens is 243 g/mol. The second kappa shape index (κ2) is 4.32. The number of Topliss-reactive ketones (excluding diaryl/α,β-unsaturated/α-hetero) is 1. The van der Waals surface area contributed by atoms with Gasteiger partial charge in [0.1, 0.15) is 17.2 Å². The predicted molar refractivity (Wildman–Crippen MR) is 70.9 cm³/mol. The standard InChI is InChI=1S/C16H19FO2/c1-10-5-6-16(8-11(10)2)9-14(18)13-7-12(17)3-4-15(13)19-16/h3-4,7,10-11H,5-6,8-9H2,1-2H3. The monoisotopic (exact) mass is 262 g/mol. The molecule has 1 spiro atoms. The maximum atomic E-state index is 13.2. The van der Waals surface area contributed by atoms with Crippen LogP contribution in [0.3, 0.4) is 0 Å². The Morgan fingerprint density at radius 1 is 1.32 bits per heavy atom. The first kappa shape index (κ1) is 12.6. The van der Waals surface area contributed by atoms with Gasteiger partial charge in [0, 0.05) is 0 Å². The third-order valence-electron chi connectivity index (χ3n) is 4.77. The number of hydrogen-bond acceptors (Lipinski definition) is 2. The Bertz CT molecular complexity index is 525. The van der Waals surface area contributed by atoms with Crippen molar-refractivity contribution in [2.24, 2.45) is 11.8 Å². The number of ketones is 1. The molecule has 102 valence electrons. The molecule has 3 heteroatoms. The maximum Gasteiger partial charge on any atom is 0.170 e. The summed E-state index contributed by atoms with van der Waals surface area (Å²) in [7, 11) is 0. The van der Waals surface area contributed by atoms with Crippen molar-refractivity contribution in [3.63, 3.8) is 0 Å². The van der Waals surface area contributed by atoms with Crippen LogP contribution in [0.5, 0.6) is 5.75 Å². The quantitative estimate of drug-likeness (QED) is 0.706. The number of carbonyl (C=O) groups excluding carboxylic acids is 1. The summed E-state index contributed by atoms with van der Waals surface area (Å²) in [6.45, 7) is 4.48. The van der Waals surface area contributed by atoms with Crippen LogP contribution in [0.2, 0.25) is 0 Å². The molecule has 0 N–H and O–H groups in total. The van der Waals surface area contributed by atoms with E-state index in [4.69, 9.17) is 4.74 Å². The molecule has 1 aromatic rings. The normalized spacial score (nSPS) is 33.9. The second-order valence-corrected chi connectivity index (χ2v) is 6.22. The van der Waals surface area contributed by atoms with E-state index in [0.29, 0.717) is 29.6 Å². The fourth-order valence-corrected chi connectivity index (χ4v) is 3.38. The summed E-state index contributed by atoms with van der Waals surface area (Å²) in [5, 5.41) is 0. The minimum Gasteiger partial charge on any atom is -0.486 e.